The van der Waals surface area contributed by atoms with Crippen LogP contribution in [0.1, 0.15) is 23.3 Å². The van der Waals surface area contributed by atoms with Crippen LogP contribution in [-0.4, -0.2) is 22.4 Å². The maximum atomic E-state index is 12.8. The molecule has 0 saturated heterocycles. The number of nitrogens with one attached hydrogen (secondary N) is 1. The Morgan fingerprint density at radius 3 is 2.45 bits per heavy atom. The molecule has 22 heavy (non-hydrogen) atoms. The zero-order chi connectivity index (χ0) is 15.9. The molecule has 2 rings (SSSR count). The van der Waals surface area contributed by atoms with E-state index >= 15 is 0 Å². The van der Waals surface area contributed by atoms with Crippen molar-refractivity contribution in [3.63, 3.8) is 0 Å². The highest BCUT2D eigenvalue weighted by molar-refractivity contribution is 9.10. The van der Waals surface area contributed by atoms with Gasteiger partial charge in [-0.1, -0.05) is 58.4 Å². The van der Waals surface area contributed by atoms with E-state index < -0.39 is 10.8 Å². The van der Waals surface area contributed by atoms with E-state index in [4.69, 9.17) is 0 Å². The van der Waals surface area contributed by atoms with Gasteiger partial charge in [0.1, 0.15) is 5.75 Å². The summed E-state index contributed by atoms with van der Waals surface area (Å²) >= 11 is 3.45. The second kappa shape index (κ2) is 8.25. The van der Waals surface area contributed by atoms with Crippen LogP contribution in [0.5, 0.6) is 0 Å². The molecule has 0 aliphatic carbocycles. The SMILES string of the molecule is CCNC(=O)CS(=O)C(c1ccccc1)c1cccc(Br)c1. The van der Waals surface area contributed by atoms with Crippen molar-refractivity contribution in [3.8, 4) is 0 Å². The summed E-state index contributed by atoms with van der Waals surface area (Å²) in [6, 6.07) is 17.4. The van der Waals surface area contributed by atoms with E-state index in [9.17, 15) is 9.00 Å². The van der Waals surface area contributed by atoms with Gasteiger partial charge < -0.3 is 5.32 Å². The Hall–Kier alpha value is -1.46. The number of benzene rings is 2. The molecule has 2 atom stereocenters. The van der Waals surface area contributed by atoms with Gasteiger partial charge in [-0.25, -0.2) is 0 Å². The maximum absolute atomic E-state index is 12.8. The topological polar surface area (TPSA) is 46.2 Å². The molecule has 0 spiro atoms. The van der Waals surface area contributed by atoms with Gasteiger partial charge in [0.25, 0.3) is 0 Å². The van der Waals surface area contributed by atoms with Crippen LogP contribution in [0.25, 0.3) is 0 Å². The molecule has 5 heteroatoms. The van der Waals surface area contributed by atoms with Crippen LogP contribution in [0.15, 0.2) is 59.1 Å². The minimum Gasteiger partial charge on any atom is -0.356 e. The molecule has 2 unspecified atom stereocenters. The van der Waals surface area contributed by atoms with Crippen LogP contribution in [0, 0.1) is 0 Å². The number of hydrogen-bond donors (Lipinski definition) is 1. The van der Waals surface area contributed by atoms with Crippen LogP contribution < -0.4 is 5.32 Å². The molecule has 1 amide bonds. The molecule has 2 aromatic rings. The van der Waals surface area contributed by atoms with Crippen LogP contribution in [-0.2, 0) is 15.6 Å². The van der Waals surface area contributed by atoms with E-state index in [1.54, 1.807) is 0 Å². The third-order valence-corrected chi connectivity index (χ3v) is 5.27. The first-order valence-corrected chi connectivity index (χ1v) is 9.23. The van der Waals surface area contributed by atoms with E-state index in [2.05, 4.69) is 21.2 Å². The Morgan fingerprint density at radius 1 is 1.14 bits per heavy atom. The first-order chi connectivity index (χ1) is 10.6. The van der Waals surface area contributed by atoms with Crippen molar-refractivity contribution in [1.82, 2.24) is 5.32 Å². The monoisotopic (exact) mass is 379 g/mol. The van der Waals surface area contributed by atoms with Gasteiger partial charge in [-0.15, -0.1) is 0 Å². The smallest absolute Gasteiger partial charge is 0.232 e. The Kier molecular flexibility index (Phi) is 6.34. The Balaban J connectivity index is 2.34. The van der Waals surface area contributed by atoms with Gasteiger partial charge in [0.2, 0.25) is 5.91 Å². The lowest BCUT2D eigenvalue weighted by Gasteiger charge is -2.18. The molecule has 0 aromatic heterocycles. The molecule has 0 bridgehead atoms. The Labute approximate surface area is 141 Å². The predicted molar refractivity (Wildman–Crippen MR) is 94.1 cm³/mol. The summed E-state index contributed by atoms with van der Waals surface area (Å²) in [6.45, 7) is 2.40. The molecular formula is C17H18BrNO2S. The molecule has 0 radical (unpaired) electrons. The molecule has 0 fully saturated rings. The number of carbonyl (C=O) groups is 1. The molecular weight excluding hydrogens is 362 g/mol. The fourth-order valence-electron chi connectivity index (χ4n) is 2.25. The van der Waals surface area contributed by atoms with Gasteiger partial charge in [0.05, 0.1) is 5.25 Å². The standard InChI is InChI=1S/C17H18BrNO2S/c1-2-19-16(20)12-22(21)17(13-7-4-3-5-8-13)14-9-6-10-15(18)11-14/h3-11,17H,2,12H2,1H3,(H,19,20). The highest BCUT2D eigenvalue weighted by atomic mass is 79.9. The summed E-state index contributed by atoms with van der Waals surface area (Å²) in [4.78, 5) is 11.8. The van der Waals surface area contributed by atoms with Crippen molar-refractivity contribution in [3.05, 3.63) is 70.2 Å². The molecule has 3 nitrogen and oxygen atoms in total. The summed E-state index contributed by atoms with van der Waals surface area (Å²) in [6.07, 6.45) is 0. The number of rotatable bonds is 6. The molecule has 0 aliphatic rings. The van der Waals surface area contributed by atoms with E-state index in [1.807, 2.05) is 61.5 Å². The largest absolute Gasteiger partial charge is 0.356 e. The normalized spacial score (nSPS) is 13.4. The summed E-state index contributed by atoms with van der Waals surface area (Å²) in [5.41, 5.74) is 1.88. The molecule has 0 aliphatic heterocycles. The van der Waals surface area contributed by atoms with Crippen molar-refractivity contribution in [2.24, 2.45) is 0 Å². The molecule has 0 heterocycles. The Bertz CT molecular complexity index is 661. The first-order valence-electron chi connectivity index (χ1n) is 7.06. The van der Waals surface area contributed by atoms with Gasteiger partial charge in [-0.2, -0.15) is 0 Å². The van der Waals surface area contributed by atoms with Crippen LogP contribution >= 0.6 is 15.9 Å². The Morgan fingerprint density at radius 2 is 1.82 bits per heavy atom. The lowest BCUT2D eigenvalue weighted by Crippen LogP contribution is -2.29. The third kappa shape index (κ3) is 4.52. The fourth-order valence-corrected chi connectivity index (χ4v) is 4.11. The van der Waals surface area contributed by atoms with E-state index in [1.165, 1.54) is 0 Å². The summed E-state index contributed by atoms with van der Waals surface area (Å²) < 4.78 is 13.7. The third-order valence-electron chi connectivity index (χ3n) is 3.16. The second-order valence-corrected chi connectivity index (χ2v) is 7.26. The second-order valence-electron chi connectivity index (χ2n) is 4.82. The van der Waals surface area contributed by atoms with Gasteiger partial charge in [0, 0.05) is 21.8 Å². The first kappa shape index (κ1) is 16.9. The van der Waals surface area contributed by atoms with E-state index in [-0.39, 0.29) is 16.9 Å². The lowest BCUT2D eigenvalue weighted by molar-refractivity contribution is -0.118. The summed E-state index contributed by atoms with van der Waals surface area (Å²) in [5.74, 6) is -0.184. The van der Waals surface area contributed by atoms with Crippen molar-refractivity contribution >= 4 is 32.6 Å². The average Bonchev–Trinajstić information content (AvgIpc) is 2.49. The molecule has 116 valence electrons. The highest BCUT2D eigenvalue weighted by Gasteiger charge is 2.23. The zero-order valence-corrected chi connectivity index (χ0v) is 14.7. The number of hydrogen-bond acceptors (Lipinski definition) is 2. The molecule has 1 N–H and O–H groups in total. The minimum atomic E-state index is -1.33. The summed E-state index contributed by atoms with van der Waals surface area (Å²) in [5, 5.41) is 2.39. The number of amides is 1. The van der Waals surface area contributed by atoms with E-state index in [0.717, 1.165) is 15.6 Å². The fraction of sp³-hybridized carbons (Fsp3) is 0.235. The van der Waals surface area contributed by atoms with Gasteiger partial charge in [-0.05, 0) is 30.2 Å². The van der Waals surface area contributed by atoms with Crippen LogP contribution in [0.2, 0.25) is 0 Å². The quantitative estimate of drug-likeness (QED) is 0.835. The lowest BCUT2D eigenvalue weighted by atomic mass is 10.0. The van der Waals surface area contributed by atoms with Crippen molar-refractivity contribution in [1.29, 1.82) is 0 Å². The van der Waals surface area contributed by atoms with Crippen LogP contribution in [0.4, 0.5) is 0 Å². The van der Waals surface area contributed by atoms with Gasteiger partial charge in [-0.3, -0.25) is 9.00 Å². The maximum Gasteiger partial charge on any atom is 0.232 e. The van der Waals surface area contributed by atoms with Crippen molar-refractivity contribution in [2.45, 2.75) is 12.2 Å². The van der Waals surface area contributed by atoms with Crippen molar-refractivity contribution in [2.75, 3.05) is 12.3 Å². The molecule has 0 saturated carbocycles. The van der Waals surface area contributed by atoms with E-state index in [0.29, 0.717) is 6.54 Å². The average molecular weight is 380 g/mol. The number of carbonyl (C=O) groups excluding carboxylic acids is 1. The van der Waals surface area contributed by atoms with Crippen LogP contribution in [0.3, 0.4) is 0 Å². The molecule has 2 aromatic carbocycles. The van der Waals surface area contributed by atoms with Gasteiger partial charge >= 0.3 is 0 Å². The predicted octanol–water partition coefficient (Wildman–Crippen LogP) is 3.42. The summed E-state index contributed by atoms with van der Waals surface area (Å²) in [7, 11) is -1.33. The van der Waals surface area contributed by atoms with Crippen molar-refractivity contribution < 1.29 is 9.00 Å². The minimum absolute atomic E-state index is 0.0000850. The number of halogens is 1. The highest BCUT2D eigenvalue weighted by Crippen LogP contribution is 2.30. The van der Waals surface area contributed by atoms with Gasteiger partial charge in [0.15, 0.2) is 0 Å². The zero-order valence-electron chi connectivity index (χ0n) is 12.3.